The van der Waals surface area contributed by atoms with E-state index in [2.05, 4.69) is 31.3 Å². The molecular formula is C26H18N6O2. The fourth-order valence-corrected chi connectivity index (χ4v) is 3.74. The lowest BCUT2D eigenvalue weighted by molar-refractivity contribution is 0.0999. The molecule has 5 rings (SSSR count). The SMILES string of the molecule is N#Cc1cccc(-c2ccc(C(=O)Nc3nc4c(C(=O)CC5=NC=CC5)cccc4[nH]3)cn2)c1. The molecule has 8 nitrogen and oxygen atoms in total. The van der Waals surface area contributed by atoms with Gasteiger partial charge in [0.1, 0.15) is 5.52 Å². The summed E-state index contributed by atoms with van der Waals surface area (Å²) < 4.78 is 0. The molecular weight excluding hydrogens is 428 g/mol. The van der Waals surface area contributed by atoms with Gasteiger partial charge in [-0.15, -0.1) is 0 Å². The highest BCUT2D eigenvalue weighted by molar-refractivity contribution is 6.15. The number of ketones is 1. The number of aromatic nitrogens is 3. The number of nitriles is 1. The highest BCUT2D eigenvalue weighted by atomic mass is 16.1. The lowest BCUT2D eigenvalue weighted by Gasteiger charge is -2.04. The summed E-state index contributed by atoms with van der Waals surface area (Å²) >= 11 is 0. The van der Waals surface area contributed by atoms with Gasteiger partial charge in [-0.25, -0.2) is 4.98 Å². The molecule has 34 heavy (non-hydrogen) atoms. The van der Waals surface area contributed by atoms with Crippen molar-refractivity contribution in [1.29, 1.82) is 5.26 Å². The van der Waals surface area contributed by atoms with Gasteiger partial charge in [0, 0.05) is 42.1 Å². The minimum atomic E-state index is -0.386. The Morgan fingerprint density at radius 1 is 1.12 bits per heavy atom. The number of anilines is 1. The number of hydrogen-bond donors (Lipinski definition) is 2. The van der Waals surface area contributed by atoms with Crippen molar-refractivity contribution >= 4 is 34.4 Å². The average molecular weight is 446 g/mol. The number of carbonyl (C=O) groups is 2. The first kappa shape index (κ1) is 21.0. The number of rotatable bonds is 6. The van der Waals surface area contributed by atoms with Gasteiger partial charge < -0.3 is 4.98 Å². The zero-order chi connectivity index (χ0) is 23.5. The molecule has 0 spiro atoms. The van der Waals surface area contributed by atoms with Gasteiger partial charge in [0.25, 0.3) is 5.91 Å². The van der Waals surface area contributed by atoms with Crippen LogP contribution in [0.4, 0.5) is 5.95 Å². The van der Waals surface area contributed by atoms with Gasteiger partial charge in [-0.3, -0.25) is 24.9 Å². The van der Waals surface area contributed by atoms with Crippen LogP contribution in [-0.4, -0.2) is 32.4 Å². The molecule has 8 heteroatoms. The Balaban J connectivity index is 1.33. The first-order valence-corrected chi connectivity index (χ1v) is 10.6. The normalized spacial score (nSPS) is 12.4. The van der Waals surface area contributed by atoms with Crippen LogP contribution in [0.15, 0.2) is 78.1 Å². The molecule has 164 valence electrons. The van der Waals surface area contributed by atoms with E-state index in [-0.39, 0.29) is 24.1 Å². The van der Waals surface area contributed by atoms with Crippen LogP contribution in [0.25, 0.3) is 22.3 Å². The molecule has 1 amide bonds. The number of aliphatic imine (C=N–C) groups is 1. The van der Waals surface area contributed by atoms with Gasteiger partial charge in [0.2, 0.25) is 5.95 Å². The van der Waals surface area contributed by atoms with Crippen molar-refractivity contribution < 1.29 is 9.59 Å². The fourth-order valence-electron chi connectivity index (χ4n) is 3.74. The Labute approximate surface area is 194 Å². The minimum Gasteiger partial charge on any atom is -0.324 e. The monoisotopic (exact) mass is 446 g/mol. The molecule has 0 fully saturated rings. The number of nitrogens with one attached hydrogen (secondary N) is 2. The quantitative estimate of drug-likeness (QED) is 0.416. The number of hydrogen-bond acceptors (Lipinski definition) is 6. The number of amides is 1. The molecule has 0 bridgehead atoms. The smallest absolute Gasteiger partial charge is 0.259 e. The Morgan fingerprint density at radius 2 is 2.00 bits per heavy atom. The van der Waals surface area contributed by atoms with Crippen molar-refractivity contribution in [3.63, 3.8) is 0 Å². The van der Waals surface area contributed by atoms with E-state index in [1.807, 2.05) is 12.1 Å². The average Bonchev–Trinajstić information content (AvgIpc) is 3.53. The number of para-hydroxylation sites is 1. The summed E-state index contributed by atoms with van der Waals surface area (Å²) in [5.74, 6) is -0.216. The van der Waals surface area contributed by atoms with Gasteiger partial charge in [-0.1, -0.05) is 24.3 Å². The number of aromatic amines is 1. The second-order valence-electron chi connectivity index (χ2n) is 7.75. The van der Waals surface area contributed by atoms with E-state index < -0.39 is 0 Å². The standard InChI is InChI=1S/C26H18N6O2/c27-14-16-4-1-5-17(12-16)21-10-9-18(15-29-21)25(34)32-26-30-22-8-2-7-20(24(22)31-26)23(33)13-19-6-3-11-28-19/h1-5,7-12,15H,6,13H2,(H2,30,31,32,34). The first-order valence-electron chi connectivity index (χ1n) is 10.6. The summed E-state index contributed by atoms with van der Waals surface area (Å²) in [5.41, 5.74) is 4.79. The molecule has 4 aromatic rings. The lowest BCUT2D eigenvalue weighted by atomic mass is 10.0. The van der Waals surface area contributed by atoms with Crippen LogP contribution in [0.5, 0.6) is 0 Å². The van der Waals surface area contributed by atoms with Crippen molar-refractivity contribution in [2.45, 2.75) is 12.8 Å². The zero-order valence-corrected chi connectivity index (χ0v) is 17.9. The van der Waals surface area contributed by atoms with Crippen LogP contribution in [0.2, 0.25) is 0 Å². The molecule has 2 N–H and O–H groups in total. The Hall–Kier alpha value is -4.90. The van der Waals surface area contributed by atoms with Crippen molar-refractivity contribution in [3.05, 3.63) is 89.8 Å². The third kappa shape index (κ3) is 4.23. The summed E-state index contributed by atoms with van der Waals surface area (Å²) in [7, 11) is 0. The third-order valence-corrected chi connectivity index (χ3v) is 5.44. The molecule has 0 radical (unpaired) electrons. The van der Waals surface area contributed by atoms with Gasteiger partial charge in [0.05, 0.1) is 28.4 Å². The topological polar surface area (TPSA) is 124 Å². The summed E-state index contributed by atoms with van der Waals surface area (Å²) in [6, 6.07) is 17.9. The lowest BCUT2D eigenvalue weighted by Crippen LogP contribution is -2.13. The third-order valence-electron chi connectivity index (χ3n) is 5.44. The maximum atomic E-state index is 12.8. The molecule has 0 unspecified atom stereocenters. The number of carbonyl (C=O) groups excluding carboxylic acids is 2. The van der Waals surface area contributed by atoms with E-state index in [0.717, 1.165) is 11.3 Å². The Bertz CT molecular complexity index is 1520. The summed E-state index contributed by atoms with van der Waals surface area (Å²) in [5, 5.41) is 11.8. The highest BCUT2D eigenvalue weighted by Gasteiger charge is 2.17. The number of benzene rings is 2. The van der Waals surface area contributed by atoms with E-state index in [1.165, 1.54) is 6.20 Å². The molecule has 0 atom stereocenters. The van der Waals surface area contributed by atoms with Crippen LogP contribution < -0.4 is 5.32 Å². The second kappa shape index (κ2) is 8.92. The van der Waals surface area contributed by atoms with E-state index in [4.69, 9.17) is 5.26 Å². The van der Waals surface area contributed by atoms with Crippen LogP contribution in [0, 0.1) is 11.3 Å². The van der Waals surface area contributed by atoms with Gasteiger partial charge in [0.15, 0.2) is 5.78 Å². The van der Waals surface area contributed by atoms with E-state index in [0.29, 0.717) is 39.8 Å². The number of H-pyrrole nitrogens is 1. The minimum absolute atomic E-state index is 0.0716. The van der Waals surface area contributed by atoms with Crippen molar-refractivity contribution in [2.24, 2.45) is 4.99 Å². The number of allylic oxidation sites excluding steroid dienone is 1. The summed E-state index contributed by atoms with van der Waals surface area (Å²) in [6.45, 7) is 0. The van der Waals surface area contributed by atoms with Crippen LogP contribution in [-0.2, 0) is 0 Å². The van der Waals surface area contributed by atoms with Crippen molar-refractivity contribution in [3.8, 4) is 17.3 Å². The molecule has 0 aliphatic carbocycles. The molecule has 3 heterocycles. The second-order valence-corrected chi connectivity index (χ2v) is 7.75. The largest absolute Gasteiger partial charge is 0.324 e. The summed E-state index contributed by atoms with van der Waals surface area (Å²) in [4.78, 5) is 41.6. The zero-order valence-electron chi connectivity index (χ0n) is 17.9. The predicted octanol–water partition coefficient (Wildman–Crippen LogP) is 4.68. The maximum Gasteiger partial charge on any atom is 0.259 e. The van der Waals surface area contributed by atoms with Crippen LogP contribution in [0.3, 0.4) is 0 Å². The Kier molecular flexibility index (Phi) is 5.50. The van der Waals surface area contributed by atoms with Gasteiger partial charge in [-0.05, 0) is 36.4 Å². The predicted molar refractivity (Wildman–Crippen MR) is 129 cm³/mol. The number of pyridine rings is 1. The molecule has 0 saturated carbocycles. The van der Waals surface area contributed by atoms with Crippen molar-refractivity contribution in [2.75, 3.05) is 5.32 Å². The number of nitrogens with zero attached hydrogens (tertiary/aromatic N) is 4. The van der Waals surface area contributed by atoms with E-state index in [1.54, 1.807) is 54.7 Å². The number of fused-ring (bicyclic) bond motifs is 1. The maximum absolute atomic E-state index is 12.8. The van der Waals surface area contributed by atoms with Gasteiger partial charge in [-0.2, -0.15) is 5.26 Å². The molecule has 0 saturated heterocycles. The molecule has 1 aliphatic heterocycles. The fraction of sp³-hybridized carbons (Fsp3) is 0.0769. The summed E-state index contributed by atoms with van der Waals surface area (Å²) in [6.07, 6.45) is 6.00. The molecule has 2 aromatic carbocycles. The first-order chi connectivity index (χ1) is 16.6. The van der Waals surface area contributed by atoms with Crippen molar-refractivity contribution in [1.82, 2.24) is 15.0 Å². The van der Waals surface area contributed by atoms with E-state index >= 15 is 0 Å². The Morgan fingerprint density at radius 3 is 2.76 bits per heavy atom. The van der Waals surface area contributed by atoms with Crippen LogP contribution in [0.1, 0.15) is 39.1 Å². The number of imidazole rings is 1. The number of Topliss-reactive ketones (excluding diaryl/α,β-unsaturated/α-hetero) is 1. The van der Waals surface area contributed by atoms with Gasteiger partial charge >= 0.3 is 0 Å². The van der Waals surface area contributed by atoms with E-state index in [9.17, 15) is 9.59 Å². The molecule has 1 aliphatic rings. The highest BCUT2D eigenvalue weighted by Crippen LogP contribution is 2.22. The molecule has 2 aromatic heterocycles. The van der Waals surface area contributed by atoms with Crippen LogP contribution >= 0.6 is 0 Å².